The molecule has 0 spiro atoms. The first-order valence-corrected chi connectivity index (χ1v) is 8.61. The first-order chi connectivity index (χ1) is 12.2. The average Bonchev–Trinajstić information content (AvgIpc) is 2.66. The molecule has 5 heteroatoms. The molecule has 0 aromatic heterocycles. The van der Waals surface area contributed by atoms with Crippen molar-refractivity contribution in [3.05, 3.63) is 59.7 Å². The van der Waals surface area contributed by atoms with Crippen molar-refractivity contribution < 1.29 is 14.3 Å². The van der Waals surface area contributed by atoms with Crippen molar-refractivity contribution in [2.75, 3.05) is 20.2 Å². The standard InChI is InChI=1S/C20H24N2O3/c1-3-15-8-10-16(11-9-15)13-22(2)20(23)21-12-17-14-24-18-6-4-5-7-19(18)25-17/h4-11,17H,3,12-14H2,1-2H3,(H,21,23). The van der Waals surface area contributed by atoms with Crippen LogP contribution in [-0.2, 0) is 13.0 Å². The number of nitrogens with zero attached hydrogens (tertiary/aromatic N) is 1. The molecule has 1 aliphatic rings. The zero-order valence-electron chi connectivity index (χ0n) is 14.7. The number of urea groups is 1. The molecule has 2 aromatic carbocycles. The number of aryl methyl sites for hydroxylation is 1. The molecule has 2 aromatic rings. The molecule has 3 rings (SSSR count). The highest BCUT2D eigenvalue weighted by Crippen LogP contribution is 2.30. The van der Waals surface area contributed by atoms with Gasteiger partial charge >= 0.3 is 6.03 Å². The predicted octanol–water partition coefficient (Wildman–Crippen LogP) is 3.23. The van der Waals surface area contributed by atoms with E-state index in [9.17, 15) is 4.79 Å². The summed E-state index contributed by atoms with van der Waals surface area (Å²) in [6.45, 7) is 3.54. The summed E-state index contributed by atoms with van der Waals surface area (Å²) in [6.07, 6.45) is 0.833. The smallest absolute Gasteiger partial charge is 0.317 e. The van der Waals surface area contributed by atoms with Crippen molar-refractivity contribution in [1.29, 1.82) is 0 Å². The fourth-order valence-corrected chi connectivity index (χ4v) is 2.73. The van der Waals surface area contributed by atoms with E-state index in [-0.39, 0.29) is 12.1 Å². The molecular formula is C20H24N2O3. The number of para-hydroxylation sites is 2. The van der Waals surface area contributed by atoms with Crippen LogP contribution in [0.3, 0.4) is 0 Å². The highest BCUT2D eigenvalue weighted by molar-refractivity contribution is 5.73. The van der Waals surface area contributed by atoms with Crippen LogP contribution in [0.1, 0.15) is 18.1 Å². The normalized spacial score (nSPS) is 15.5. The molecular weight excluding hydrogens is 316 g/mol. The van der Waals surface area contributed by atoms with Gasteiger partial charge in [0.15, 0.2) is 17.6 Å². The van der Waals surface area contributed by atoms with Gasteiger partial charge in [-0.2, -0.15) is 0 Å². The number of ether oxygens (including phenoxy) is 2. The third-order valence-electron chi connectivity index (χ3n) is 4.25. The Hall–Kier alpha value is -2.69. The van der Waals surface area contributed by atoms with Gasteiger partial charge in [0.05, 0.1) is 6.54 Å². The zero-order chi connectivity index (χ0) is 17.6. The van der Waals surface area contributed by atoms with Gasteiger partial charge in [-0.1, -0.05) is 43.3 Å². The van der Waals surface area contributed by atoms with Crippen LogP contribution in [0.5, 0.6) is 11.5 Å². The average molecular weight is 340 g/mol. The maximum absolute atomic E-state index is 12.3. The van der Waals surface area contributed by atoms with Crippen LogP contribution >= 0.6 is 0 Å². The van der Waals surface area contributed by atoms with Gasteiger partial charge in [0.1, 0.15) is 6.61 Å². The molecule has 1 heterocycles. The van der Waals surface area contributed by atoms with Crippen molar-refractivity contribution in [3.8, 4) is 11.5 Å². The summed E-state index contributed by atoms with van der Waals surface area (Å²) in [4.78, 5) is 13.9. The molecule has 0 saturated heterocycles. The van der Waals surface area contributed by atoms with Crippen LogP contribution in [0.25, 0.3) is 0 Å². The Bertz CT molecular complexity index is 715. The zero-order valence-corrected chi connectivity index (χ0v) is 14.7. The molecule has 0 bridgehead atoms. The van der Waals surface area contributed by atoms with E-state index in [2.05, 4.69) is 36.5 Å². The van der Waals surface area contributed by atoms with Crippen LogP contribution in [0.15, 0.2) is 48.5 Å². The quantitative estimate of drug-likeness (QED) is 0.909. The Labute approximate surface area is 148 Å². The first-order valence-electron chi connectivity index (χ1n) is 8.61. The van der Waals surface area contributed by atoms with E-state index in [1.807, 2.05) is 24.3 Å². The predicted molar refractivity (Wildman–Crippen MR) is 97.0 cm³/mol. The van der Waals surface area contributed by atoms with Gasteiger partial charge in [-0.25, -0.2) is 4.79 Å². The fraction of sp³-hybridized carbons (Fsp3) is 0.350. The molecule has 0 radical (unpaired) electrons. The van der Waals surface area contributed by atoms with Crippen LogP contribution in [0.2, 0.25) is 0 Å². The minimum absolute atomic E-state index is 0.123. The molecule has 25 heavy (non-hydrogen) atoms. The third-order valence-corrected chi connectivity index (χ3v) is 4.25. The lowest BCUT2D eigenvalue weighted by Gasteiger charge is -2.27. The Balaban J connectivity index is 1.47. The van der Waals surface area contributed by atoms with Crippen molar-refractivity contribution in [3.63, 3.8) is 0 Å². The lowest BCUT2D eigenvalue weighted by Crippen LogP contribution is -2.44. The lowest BCUT2D eigenvalue weighted by atomic mass is 10.1. The van der Waals surface area contributed by atoms with Crippen molar-refractivity contribution in [2.45, 2.75) is 26.0 Å². The Morgan fingerprint density at radius 3 is 2.52 bits per heavy atom. The second-order valence-corrected chi connectivity index (χ2v) is 6.21. The van der Waals surface area contributed by atoms with Crippen molar-refractivity contribution in [1.82, 2.24) is 10.2 Å². The summed E-state index contributed by atoms with van der Waals surface area (Å²) < 4.78 is 11.5. The van der Waals surface area contributed by atoms with Crippen molar-refractivity contribution in [2.24, 2.45) is 0 Å². The highest BCUT2D eigenvalue weighted by atomic mass is 16.6. The molecule has 1 atom stereocenters. The molecule has 0 fully saturated rings. The van der Waals surface area contributed by atoms with Gasteiger partial charge in [0.2, 0.25) is 0 Å². The number of rotatable bonds is 5. The lowest BCUT2D eigenvalue weighted by molar-refractivity contribution is 0.0904. The maximum atomic E-state index is 12.3. The van der Waals surface area contributed by atoms with Gasteiger partial charge in [-0.05, 0) is 29.7 Å². The van der Waals surface area contributed by atoms with Crippen LogP contribution < -0.4 is 14.8 Å². The summed E-state index contributed by atoms with van der Waals surface area (Å²) >= 11 is 0. The number of amides is 2. The van der Waals surface area contributed by atoms with E-state index in [4.69, 9.17) is 9.47 Å². The summed E-state index contributed by atoms with van der Waals surface area (Å²) in [5.74, 6) is 1.47. The molecule has 0 aliphatic carbocycles. The summed E-state index contributed by atoms with van der Waals surface area (Å²) in [5, 5.41) is 2.91. The molecule has 0 saturated carbocycles. The third kappa shape index (κ3) is 4.44. The van der Waals surface area contributed by atoms with Crippen LogP contribution in [-0.4, -0.2) is 37.2 Å². The molecule has 1 aliphatic heterocycles. The van der Waals surface area contributed by atoms with Gasteiger partial charge < -0.3 is 19.7 Å². The van der Waals surface area contributed by atoms with E-state index < -0.39 is 0 Å². The van der Waals surface area contributed by atoms with Crippen LogP contribution in [0.4, 0.5) is 4.79 Å². The van der Waals surface area contributed by atoms with Gasteiger partial charge in [0, 0.05) is 13.6 Å². The molecule has 1 unspecified atom stereocenters. The number of carbonyl (C=O) groups is 1. The van der Waals surface area contributed by atoms with Crippen LogP contribution in [0, 0.1) is 0 Å². The fourth-order valence-electron chi connectivity index (χ4n) is 2.73. The van der Waals surface area contributed by atoms with E-state index in [0.717, 1.165) is 23.5 Å². The van der Waals surface area contributed by atoms with E-state index in [1.165, 1.54) is 5.56 Å². The maximum Gasteiger partial charge on any atom is 0.317 e. The first kappa shape index (κ1) is 17.1. The van der Waals surface area contributed by atoms with E-state index >= 15 is 0 Å². The molecule has 1 N–H and O–H groups in total. The number of nitrogens with one attached hydrogen (secondary N) is 1. The Morgan fingerprint density at radius 2 is 1.80 bits per heavy atom. The minimum Gasteiger partial charge on any atom is -0.486 e. The minimum atomic E-state index is -0.184. The summed E-state index contributed by atoms with van der Waals surface area (Å²) in [6, 6.07) is 15.8. The summed E-state index contributed by atoms with van der Waals surface area (Å²) in [7, 11) is 1.79. The largest absolute Gasteiger partial charge is 0.486 e. The molecule has 2 amide bonds. The van der Waals surface area contributed by atoms with Gasteiger partial charge in [-0.15, -0.1) is 0 Å². The van der Waals surface area contributed by atoms with Gasteiger partial charge in [-0.3, -0.25) is 0 Å². The molecule has 5 nitrogen and oxygen atoms in total. The number of hydrogen-bond donors (Lipinski definition) is 1. The van der Waals surface area contributed by atoms with Crippen molar-refractivity contribution >= 4 is 6.03 Å². The monoisotopic (exact) mass is 340 g/mol. The summed E-state index contributed by atoms with van der Waals surface area (Å²) in [5.41, 5.74) is 2.41. The second kappa shape index (κ2) is 7.92. The molecule has 132 valence electrons. The number of hydrogen-bond acceptors (Lipinski definition) is 3. The number of carbonyl (C=O) groups excluding carboxylic acids is 1. The second-order valence-electron chi connectivity index (χ2n) is 6.21. The SMILES string of the molecule is CCc1ccc(CN(C)C(=O)NCC2COc3ccccc3O2)cc1. The Morgan fingerprint density at radius 1 is 1.12 bits per heavy atom. The van der Waals surface area contributed by atoms with Gasteiger partial charge in [0.25, 0.3) is 0 Å². The number of fused-ring (bicyclic) bond motifs is 1. The Kier molecular flexibility index (Phi) is 5.43. The van der Waals surface area contributed by atoms with E-state index in [1.54, 1.807) is 11.9 Å². The highest BCUT2D eigenvalue weighted by Gasteiger charge is 2.21. The topological polar surface area (TPSA) is 50.8 Å². The van der Waals surface area contributed by atoms with E-state index in [0.29, 0.717) is 19.7 Å². The number of benzene rings is 2.